The van der Waals surface area contributed by atoms with Crippen LogP contribution in [0, 0.1) is 0 Å². The van der Waals surface area contributed by atoms with E-state index in [1.807, 2.05) is 0 Å². The van der Waals surface area contributed by atoms with E-state index < -0.39 is 17.7 Å². The molecule has 0 N–H and O–H groups in total. The predicted molar refractivity (Wildman–Crippen MR) is 86.3 cm³/mol. The Morgan fingerprint density at radius 3 is 2.88 bits per heavy atom. The van der Waals surface area contributed by atoms with E-state index in [0.29, 0.717) is 16.9 Å². The van der Waals surface area contributed by atoms with Gasteiger partial charge in [-0.2, -0.15) is 0 Å². The molecule has 1 amide bonds. The van der Waals surface area contributed by atoms with Crippen molar-refractivity contribution in [1.82, 2.24) is 15.0 Å². The molecule has 0 unspecified atom stereocenters. The first-order valence-electron chi connectivity index (χ1n) is 7.20. The molecule has 1 aromatic heterocycles. The van der Waals surface area contributed by atoms with E-state index >= 15 is 0 Å². The summed E-state index contributed by atoms with van der Waals surface area (Å²) >= 11 is 3.29. The molecule has 8 nitrogen and oxygen atoms in total. The van der Waals surface area contributed by atoms with Crippen LogP contribution >= 0.6 is 15.9 Å². The van der Waals surface area contributed by atoms with Crippen LogP contribution in [0.5, 0.6) is 0 Å². The third-order valence-electron chi connectivity index (χ3n) is 3.44. The van der Waals surface area contributed by atoms with Crippen LogP contribution in [-0.4, -0.2) is 39.3 Å². The maximum Gasteiger partial charge on any atom is 0.327 e. The monoisotopic (exact) mass is 392 g/mol. The number of hydrogen-bond donors (Lipinski definition) is 0. The Kier molecular flexibility index (Phi) is 4.43. The second kappa shape index (κ2) is 6.52. The number of ketones is 1. The molecule has 0 bridgehead atoms. The van der Waals surface area contributed by atoms with Gasteiger partial charge in [-0.3, -0.25) is 19.3 Å². The number of aromatic nitrogens is 3. The first-order chi connectivity index (χ1) is 11.5. The number of ether oxygens (including phenoxy) is 1. The summed E-state index contributed by atoms with van der Waals surface area (Å²) in [4.78, 5) is 37.0. The van der Waals surface area contributed by atoms with Crippen LogP contribution in [0.25, 0.3) is 0 Å². The predicted octanol–water partition coefficient (Wildman–Crippen LogP) is 1.33. The van der Waals surface area contributed by atoms with Gasteiger partial charge in [0.1, 0.15) is 12.2 Å². The Morgan fingerprint density at radius 1 is 1.33 bits per heavy atom. The Hall–Kier alpha value is -2.55. The number of hydrogen-bond acceptors (Lipinski definition) is 6. The molecule has 1 aliphatic rings. The van der Waals surface area contributed by atoms with Crippen molar-refractivity contribution in [3.8, 4) is 0 Å². The van der Waals surface area contributed by atoms with Gasteiger partial charge >= 0.3 is 5.97 Å². The molecule has 3 rings (SSSR count). The van der Waals surface area contributed by atoms with Crippen LogP contribution in [0.15, 0.2) is 28.9 Å². The van der Waals surface area contributed by atoms with Crippen LogP contribution < -0.4 is 4.90 Å². The number of carbonyl (C=O) groups is 3. The second-order valence-corrected chi connectivity index (χ2v) is 6.01. The minimum absolute atomic E-state index is 0.0583. The molecule has 0 saturated carbocycles. The molecule has 24 heavy (non-hydrogen) atoms. The lowest BCUT2D eigenvalue weighted by Gasteiger charge is -2.14. The molecule has 0 aliphatic carbocycles. The topological polar surface area (TPSA) is 94.4 Å². The van der Waals surface area contributed by atoms with E-state index in [1.165, 1.54) is 9.58 Å². The molecule has 0 radical (unpaired) electrons. The van der Waals surface area contributed by atoms with Crippen molar-refractivity contribution in [3.63, 3.8) is 0 Å². The highest BCUT2D eigenvalue weighted by Crippen LogP contribution is 2.32. The molecule has 2 heterocycles. The van der Waals surface area contributed by atoms with Crippen LogP contribution in [0.3, 0.4) is 0 Å². The number of halogens is 1. The van der Waals surface area contributed by atoms with Gasteiger partial charge in [-0.05, 0) is 25.1 Å². The Balaban J connectivity index is 1.78. The van der Waals surface area contributed by atoms with Gasteiger partial charge in [0.25, 0.3) is 11.7 Å². The normalized spacial score (nSPS) is 13.3. The summed E-state index contributed by atoms with van der Waals surface area (Å²) < 4.78 is 6.89. The number of Topliss-reactive ketones (excluding diaryl/α,β-unsaturated/α-hetero) is 1. The zero-order valence-electron chi connectivity index (χ0n) is 12.7. The SMILES string of the molecule is CCOC(=O)Cn1cc(CN2C(=O)C(=O)c3cc(Br)ccc32)nn1. The number of carbonyl (C=O) groups excluding carboxylic acids is 3. The molecular formula is C15H13BrN4O4. The van der Waals surface area contributed by atoms with E-state index in [9.17, 15) is 14.4 Å². The number of nitrogens with zero attached hydrogens (tertiary/aromatic N) is 4. The number of rotatable bonds is 5. The molecule has 1 aliphatic heterocycles. The zero-order valence-corrected chi connectivity index (χ0v) is 14.3. The van der Waals surface area contributed by atoms with Crippen molar-refractivity contribution in [2.45, 2.75) is 20.0 Å². The van der Waals surface area contributed by atoms with E-state index in [1.54, 1.807) is 31.3 Å². The number of amides is 1. The highest BCUT2D eigenvalue weighted by Gasteiger charge is 2.36. The quantitative estimate of drug-likeness (QED) is 0.562. The minimum atomic E-state index is -0.608. The average molecular weight is 393 g/mol. The number of benzene rings is 1. The van der Waals surface area contributed by atoms with E-state index in [-0.39, 0.29) is 19.7 Å². The molecule has 0 fully saturated rings. The summed E-state index contributed by atoms with van der Waals surface area (Å²) in [5.74, 6) is -1.58. The van der Waals surface area contributed by atoms with Gasteiger partial charge in [-0.15, -0.1) is 5.10 Å². The van der Waals surface area contributed by atoms with Crippen molar-refractivity contribution in [2.24, 2.45) is 0 Å². The molecule has 9 heteroatoms. The summed E-state index contributed by atoms with van der Waals surface area (Å²) in [6.07, 6.45) is 1.55. The van der Waals surface area contributed by atoms with Crippen molar-refractivity contribution in [1.29, 1.82) is 0 Å². The zero-order chi connectivity index (χ0) is 17.3. The van der Waals surface area contributed by atoms with Gasteiger partial charge in [0.2, 0.25) is 0 Å². The van der Waals surface area contributed by atoms with Crippen LogP contribution in [0.4, 0.5) is 5.69 Å². The van der Waals surface area contributed by atoms with Gasteiger partial charge in [0.05, 0.1) is 30.6 Å². The number of esters is 1. The summed E-state index contributed by atoms with van der Waals surface area (Å²) in [6, 6.07) is 5.08. The lowest BCUT2D eigenvalue weighted by Crippen LogP contribution is -2.29. The third-order valence-corrected chi connectivity index (χ3v) is 3.93. The van der Waals surface area contributed by atoms with Crippen LogP contribution in [0.1, 0.15) is 23.0 Å². The second-order valence-electron chi connectivity index (χ2n) is 5.09. The van der Waals surface area contributed by atoms with Crippen molar-refractivity contribution < 1.29 is 19.1 Å². The Labute approximate surface area is 145 Å². The first kappa shape index (κ1) is 16.3. The van der Waals surface area contributed by atoms with E-state index in [0.717, 1.165) is 4.47 Å². The van der Waals surface area contributed by atoms with Crippen molar-refractivity contribution >= 4 is 39.3 Å². The molecule has 0 atom stereocenters. The third kappa shape index (κ3) is 3.07. The standard InChI is InChI=1S/C15H13BrN4O4/c1-2-24-13(21)8-19-6-10(17-18-19)7-20-12-4-3-9(16)5-11(12)14(22)15(20)23/h3-6H,2,7-8H2,1H3. The van der Waals surface area contributed by atoms with Crippen LogP contribution in [-0.2, 0) is 27.4 Å². The molecule has 0 saturated heterocycles. The first-order valence-corrected chi connectivity index (χ1v) is 7.99. The average Bonchev–Trinajstić information content (AvgIpc) is 3.06. The molecule has 2 aromatic rings. The van der Waals surface area contributed by atoms with Crippen LogP contribution in [0.2, 0.25) is 0 Å². The number of anilines is 1. The fourth-order valence-electron chi connectivity index (χ4n) is 2.42. The van der Waals surface area contributed by atoms with E-state index in [2.05, 4.69) is 26.2 Å². The smallest absolute Gasteiger partial charge is 0.327 e. The van der Waals surface area contributed by atoms with Crippen molar-refractivity contribution in [2.75, 3.05) is 11.5 Å². The molecule has 1 aromatic carbocycles. The summed E-state index contributed by atoms with van der Waals surface area (Å²) in [6.45, 7) is 2.05. The molecule has 0 spiro atoms. The maximum atomic E-state index is 12.2. The summed E-state index contributed by atoms with van der Waals surface area (Å²) in [5.41, 5.74) is 1.36. The lowest BCUT2D eigenvalue weighted by atomic mass is 10.1. The largest absolute Gasteiger partial charge is 0.465 e. The van der Waals surface area contributed by atoms with Gasteiger partial charge in [-0.1, -0.05) is 21.1 Å². The van der Waals surface area contributed by atoms with Gasteiger partial charge in [0.15, 0.2) is 0 Å². The number of fused-ring (bicyclic) bond motifs is 1. The highest BCUT2D eigenvalue weighted by atomic mass is 79.9. The Bertz CT molecular complexity index is 833. The Morgan fingerprint density at radius 2 is 2.12 bits per heavy atom. The minimum Gasteiger partial charge on any atom is -0.465 e. The summed E-state index contributed by atoms with van der Waals surface area (Å²) in [7, 11) is 0. The molecular weight excluding hydrogens is 380 g/mol. The fraction of sp³-hybridized carbons (Fsp3) is 0.267. The highest BCUT2D eigenvalue weighted by molar-refractivity contribution is 9.10. The molecule has 124 valence electrons. The maximum absolute atomic E-state index is 12.2. The van der Waals surface area contributed by atoms with Gasteiger partial charge < -0.3 is 4.74 Å². The van der Waals surface area contributed by atoms with Gasteiger partial charge in [-0.25, -0.2) is 4.68 Å². The summed E-state index contributed by atoms with van der Waals surface area (Å²) in [5, 5.41) is 7.76. The fourth-order valence-corrected chi connectivity index (χ4v) is 2.78. The van der Waals surface area contributed by atoms with E-state index in [4.69, 9.17) is 4.74 Å². The lowest BCUT2D eigenvalue weighted by molar-refractivity contribution is -0.144. The van der Waals surface area contributed by atoms with Gasteiger partial charge in [0, 0.05) is 4.47 Å². The van der Waals surface area contributed by atoms with Crippen molar-refractivity contribution in [3.05, 3.63) is 40.1 Å².